The van der Waals surface area contributed by atoms with Crippen LogP contribution >= 0.6 is 45.8 Å². The molecule has 2 aromatic carbocycles. The van der Waals surface area contributed by atoms with Crippen LogP contribution in [0.4, 0.5) is 0 Å². The van der Waals surface area contributed by atoms with Gasteiger partial charge in [-0.2, -0.15) is 0 Å². The largest absolute Gasteiger partial charge is 0.310 e. The molecular formula is C16H12Cl2INO3S. The molecule has 126 valence electrons. The maximum absolute atomic E-state index is 12.7. The van der Waals surface area contributed by atoms with Crippen molar-refractivity contribution in [1.29, 1.82) is 0 Å². The minimum atomic E-state index is -4.05. The Kier molecular flexibility index (Phi) is 6.30. The summed E-state index contributed by atoms with van der Waals surface area (Å²) in [7, 11) is -4.05. The van der Waals surface area contributed by atoms with Gasteiger partial charge in [0.25, 0.3) is 5.91 Å². The van der Waals surface area contributed by atoms with Crippen LogP contribution in [0.5, 0.6) is 0 Å². The van der Waals surface area contributed by atoms with Gasteiger partial charge in [0.2, 0.25) is 9.84 Å². The lowest BCUT2D eigenvalue weighted by molar-refractivity contribution is 0.0967. The summed E-state index contributed by atoms with van der Waals surface area (Å²) in [5.74, 6) is -0.607. The van der Waals surface area contributed by atoms with E-state index in [9.17, 15) is 13.2 Å². The van der Waals surface area contributed by atoms with Crippen molar-refractivity contribution in [2.75, 3.05) is 0 Å². The fourth-order valence-corrected chi connectivity index (χ4v) is 4.36. The van der Waals surface area contributed by atoms with Gasteiger partial charge in [-0.05, 0) is 53.8 Å². The molecule has 8 heteroatoms. The van der Waals surface area contributed by atoms with E-state index in [0.717, 1.165) is 5.56 Å². The normalized spacial score (nSPS) is 11.0. The number of aryl methyl sites for hydroxylation is 1. The molecule has 0 saturated carbocycles. The van der Waals surface area contributed by atoms with Gasteiger partial charge in [0.15, 0.2) is 5.03 Å². The molecule has 0 saturated heterocycles. The van der Waals surface area contributed by atoms with Gasteiger partial charge in [-0.3, -0.25) is 4.79 Å². The number of hydrogen-bond acceptors (Lipinski definition) is 3. The smallest absolute Gasteiger partial charge is 0.257 e. The topological polar surface area (TPSA) is 63.2 Å². The highest BCUT2D eigenvalue weighted by molar-refractivity contribution is 14.1. The number of benzene rings is 2. The van der Waals surface area contributed by atoms with Crippen molar-refractivity contribution in [2.24, 2.45) is 0 Å². The quantitative estimate of drug-likeness (QED) is 0.639. The molecule has 24 heavy (non-hydrogen) atoms. The molecule has 0 fully saturated rings. The predicted molar refractivity (Wildman–Crippen MR) is 104 cm³/mol. The zero-order valence-corrected chi connectivity index (χ0v) is 16.9. The van der Waals surface area contributed by atoms with Crippen molar-refractivity contribution >= 4 is 61.5 Å². The fourth-order valence-electron chi connectivity index (χ4n) is 1.87. The van der Waals surface area contributed by atoms with Crippen LogP contribution < -0.4 is 5.32 Å². The van der Waals surface area contributed by atoms with Crippen LogP contribution in [0.1, 0.15) is 15.9 Å². The average molecular weight is 496 g/mol. The van der Waals surface area contributed by atoms with E-state index in [1.165, 1.54) is 12.1 Å². The van der Waals surface area contributed by atoms with Gasteiger partial charge in [-0.15, -0.1) is 0 Å². The molecule has 0 atom stereocenters. The standard InChI is InChI=1S/C16H12Cl2INO3S/c1-10-6-8-11(9-7-10)24(22,23)16(14(17)18)20-15(21)12-4-2-3-5-13(12)19/h2-9H,1H3,(H,20,21). The molecule has 0 radical (unpaired) electrons. The Morgan fingerprint density at radius 1 is 1.04 bits per heavy atom. The van der Waals surface area contributed by atoms with Crippen molar-refractivity contribution < 1.29 is 13.2 Å². The van der Waals surface area contributed by atoms with Gasteiger partial charge >= 0.3 is 0 Å². The molecule has 0 spiro atoms. The van der Waals surface area contributed by atoms with Crippen LogP contribution in [-0.4, -0.2) is 14.3 Å². The Labute approximate surface area is 163 Å². The third-order valence-electron chi connectivity index (χ3n) is 3.12. The van der Waals surface area contributed by atoms with Crippen LogP contribution in [0.3, 0.4) is 0 Å². The molecule has 0 bridgehead atoms. The van der Waals surface area contributed by atoms with E-state index in [-0.39, 0.29) is 4.90 Å². The van der Waals surface area contributed by atoms with E-state index in [0.29, 0.717) is 9.13 Å². The highest BCUT2D eigenvalue weighted by Crippen LogP contribution is 2.25. The molecule has 2 aromatic rings. The Morgan fingerprint density at radius 2 is 1.62 bits per heavy atom. The molecule has 0 heterocycles. The first-order valence-corrected chi connectivity index (χ1v) is 9.98. The fraction of sp³-hybridized carbons (Fsp3) is 0.0625. The van der Waals surface area contributed by atoms with E-state index in [1.54, 1.807) is 36.4 Å². The first-order valence-electron chi connectivity index (χ1n) is 6.66. The number of hydrogen-bond donors (Lipinski definition) is 1. The minimum Gasteiger partial charge on any atom is -0.310 e. The molecule has 4 nitrogen and oxygen atoms in total. The maximum Gasteiger partial charge on any atom is 0.257 e. The number of nitrogens with one attached hydrogen (secondary N) is 1. The van der Waals surface area contributed by atoms with Gasteiger partial charge in [-0.1, -0.05) is 53.0 Å². The van der Waals surface area contributed by atoms with E-state index in [2.05, 4.69) is 5.32 Å². The lowest BCUT2D eigenvalue weighted by atomic mass is 10.2. The number of amides is 1. The van der Waals surface area contributed by atoms with E-state index in [1.807, 2.05) is 29.5 Å². The number of carbonyl (C=O) groups is 1. The summed E-state index contributed by atoms with van der Waals surface area (Å²) in [6, 6.07) is 12.9. The van der Waals surface area contributed by atoms with Crippen LogP contribution in [-0.2, 0) is 9.84 Å². The Hall–Kier alpha value is -1.09. The van der Waals surface area contributed by atoms with Crippen LogP contribution in [0.15, 0.2) is 62.9 Å². The summed E-state index contributed by atoms with van der Waals surface area (Å²) >= 11 is 13.4. The molecule has 0 aromatic heterocycles. The zero-order valence-electron chi connectivity index (χ0n) is 12.4. The van der Waals surface area contributed by atoms with Crippen molar-refractivity contribution in [3.8, 4) is 0 Å². The van der Waals surface area contributed by atoms with Crippen molar-refractivity contribution in [1.82, 2.24) is 5.32 Å². The molecule has 2 rings (SSSR count). The second-order valence-electron chi connectivity index (χ2n) is 4.84. The van der Waals surface area contributed by atoms with Crippen LogP contribution in [0.2, 0.25) is 0 Å². The monoisotopic (exact) mass is 495 g/mol. The van der Waals surface area contributed by atoms with Gasteiger partial charge < -0.3 is 5.32 Å². The zero-order chi connectivity index (χ0) is 17.9. The van der Waals surface area contributed by atoms with Gasteiger partial charge in [-0.25, -0.2) is 8.42 Å². The number of sulfone groups is 1. The number of rotatable bonds is 4. The minimum absolute atomic E-state index is 0.00930. The predicted octanol–water partition coefficient (Wildman–Crippen LogP) is 4.41. The van der Waals surface area contributed by atoms with Crippen molar-refractivity contribution in [3.63, 3.8) is 0 Å². The lowest BCUT2D eigenvalue weighted by Gasteiger charge is -2.12. The van der Waals surface area contributed by atoms with E-state index in [4.69, 9.17) is 23.2 Å². The van der Waals surface area contributed by atoms with Crippen LogP contribution in [0.25, 0.3) is 0 Å². The summed E-state index contributed by atoms with van der Waals surface area (Å²) in [4.78, 5) is 12.4. The number of halogens is 3. The maximum atomic E-state index is 12.7. The summed E-state index contributed by atoms with van der Waals surface area (Å²) in [5.41, 5.74) is 1.23. The summed E-state index contributed by atoms with van der Waals surface area (Å²) < 4.78 is 25.5. The summed E-state index contributed by atoms with van der Waals surface area (Å²) in [6.45, 7) is 1.83. The molecule has 1 N–H and O–H groups in total. The van der Waals surface area contributed by atoms with Gasteiger partial charge in [0.05, 0.1) is 10.5 Å². The van der Waals surface area contributed by atoms with Gasteiger partial charge in [0.1, 0.15) is 4.49 Å². The average Bonchev–Trinajstić information content (AvgIpc) is 2.52. The van der Waals surface area contributed by atoms with E-state index < -0.39 is 25.3 Å². The van der Waals surface area contributed by atoms with Crippen LogP contribution in [0, 0.1) is 10.5 Å². The summed E-state index contributed by atoms with van der Waals surface area (Å²) in [5, 5.41) is 1.77. The molecular weight excluding hydrogens is 484 g/mol. The second kappa shape index (κ2) is 7.86. The highest BCUT2D eigenvalue weighted by atomic mass is 127. The molecule has 0 aliphatic heterocycles. The first kappa shape index (κ1) is 19.2. The number of carbonyl (C=O) groups excluding carboxylic acids is 1. The molecule has 1 amide bonds. The second-order valence-corrected chi connectivity index (χ2v) is 8.84. The van der Waals surface area contributed by atoms with Gasteiger partial charge in [0, 0.05) is 3.57 Å². The molecule has 0 unspecified atom stereocenters. The van der Waals surface area contributed by atoms with Crippen molar-refractivity contribution in [2.45, 2.75) is 11.8 Å². The molecule has 0 aliphatic rings. The Morgan fingerprint density at radius 3 is 2.17 bits per heavy atom. The van der Waals surface area contributed by atoms with E-state index >= 15 is 0 Å². The third-order valence-corrected chi connectivity index (χ3v) is 6.40. The SMILES string of the molecule is Cc1ccc(S(=O)(=O)C(NC(=O)c2ccccc2I)=C(Cl)Cl)cc1. The third kappa shape index (κ3) is 4.30. The Balaban J connectivity index is 2.41. The summed E-state index contributed by atoms with van der Waals surface area (Å²) in [6.07, 6.45) is 0. The first-order chi connectivity index (χ1) is 11.2. The highest BCUT2D eigenvalue weighted by Gasteiger charge is 2.26. The van der Waals surface area contributed by atoms with Crippen molar-refractivity contribution in [3.05, 3.63) is 72.7 Å². The molecule has 0 aliphatic carbocycles. The Bertz CT molecular complexity index is 905. The lowest BCUT2D eigenvalue weighted by Crippen LogP contribution is -2.28.